The molecule has 2 fully saturated rings. The summed E-state index contributed by atoms with van der Waals surface area (Å²) in [4.78, 5) is 7.97. The van der Waals surface area contributed by atoms with Crippen LogP contribution >= 0.6 is 0 Å². The number of aliphatic hydroxyl groups excluding tert-OH is 1. The first-order valence-corrected chi connectivity index (χ1v) is 12.7. The SMILES string of the molecule is CC(C)N1CCC(N2CCN(Cc3ccc4c(c3)Cc3ccccc3-4)CC2CCO)CC1. The van der Waals surface area contributed by atoms with Crippen molar-refractivity contribution in [3.63, 3.8) is 0 Å². The van der Waals surface area contributed by atoms with Crippen LogP contribution in [0.15, 0.2) is 42.5 Å². The Bertz CT molecular complexity index is 919. The Labute approximate surface area is 193 Å². The Morgan fingerprint density at radius 3 is 2.50 bits per heavy atom. The quantitative estimate of drug-likeness (QED) is 0.636. The highest BCUT2D eigenvalue weighted by Gasteiger charge is 2.34. The van der Waals surface area contributed by atoms with Gasteiger partial charge >= 0.3 is 0 Å². The van der Waals surface area contributed by atoms with Crippen molar-refractivity contribution in [2.24, 2.45) is 0 Å². The zero-order valence-corrected chi connectivity index (χ0v) is 19.8. The standard InChI is InChI=1S/C28H39N3O/c1-21(2)30-12-9-25(10-13-30)31-15-14-29(20-26(31)11-16-32)19-22-7-8-28-24(17-22)18-23-5-3-4-6-27(23)28/h3-8,17,21,25-26,32H,9-16,18-20H2,1-2H3. The van der Waals surface area contributed by atoms with Gasteiger partial charge in [0.1, 0.15) is 0 Å². The Balaban J connectivity index is 1.22. The maximum absolute atomic E-state index is 9.76. The minimum atomic E-state index is 0.289. The molecule has 5 rings (SSSR count). The number of fused-ring (bicyclic) bond motifs is 3. The van der Waals surface area contributed by atoms with Gasteiger partial charge in [-0.05, 0) is 80.4 Å². The van der Waals surface area contributed by atoms with Gasteiger partial charge in [0.15, 0.2) is 0 Å². The minimum absolute atomic E-state index is 0.289. The molecule has 2 saturated heterocycles. The normalized spacial score (nSPS) is 22.9. The fourth-order valence-electron chi connectivity index (χ4n) is 6.25. The predicted octanol–water partition coefficient (Wildman–Crippen LogP) is 4.00. The molecule has 32 heavy (non-hydrogen) atoms. The average molecular weight is 434 g/mol. The van der Waals surface area contributed by atoms with Crippen LogP contribution in [0.5, 0.6) is 0 Å². The number of hydrogen-bond donors (Lipinski definition) is 1. The number of rotatable bonds is 6. The fraction of sp³-hybridized carbons (Fsp3) is 0.571. The highest BCUT2D eigenvalue weighted by atomic mass is 16.3. The van der Waals surface area contributed by atoms with Crippen molar-refractivity contribution in [2.75, 3.05) is 39.3 Å². The lowest BCUT2D eigenvalue weighted by Gasteiger charge is -2.48. The monoisotopic (exact) mass is 433 g/mol. The Hall–Kier alpha value is -1.72. The molecule has 1 atom stereocenters. The van der Waals surface area contributed by atoms with E-state index < -0.39 is 0 Å². The van der Waals surface area contributed by atoms with Crippen molar-refractivity contribution >= 4 is 0 Å². The molecule has 3 aliphatic rings. The lowest BCUT2D eigenvalue weighted by Crippen LogP contribution is -2.58. The molecular weight excluding hydrogens is 394 g/mol. The molecule has 4 heteroatoms. The number of likely N-dealkylation sites (tertiary alicyclic amines) is 1. The van der Waals surface area contributed by atoms with Crippen LogP contribution in [-0.2, 0) is 13.0 Å². The molecule has 2 aliphatic heterocycles. The lowest BCUT2D eigenvalue weighted by molar-refractivity contribution is -0.0000314. The van der Waals surface area contributed by atoms with Crippen molar-refractivity contribution < 1.29 is 5.11 Å². The van der Waals surface area contributed by atoms with Crippen LogP contribution < -0.4 is 0 Å². The molecule has 1 unspecified atom stereocenters. The predicted molar refractivity (Wildman–Crippen MR) is 132 cm³/mol. The summed E-state index contributed by atoms with van der Waals surface area (Å²) < 4.78 is 0. The third kappa shape index (κ3) is 4.51. The zero-order valence-electron chi connectivity index (χ0n) is 19.8. The summed E-state index contributed by atoms with van der Waals surface area (Å²) in [7, 11) is 0. The third-order valence-electron chi connectivity index (χ3n) is 8.04. The molecular formula is C28H39N3O. The molecule has 0 bridgehead atoms. The molecule has 0 spiro atoms. The fourth-order valence-corrected chi connectivity index (χ4v) is 6.25. The van der Waals surface area contributed by atoms with Crippen LogP contribution in [0.4, 0.5) is 0 Å². The number of benzene rings is 2. The average Bonchev–Trinajstić information content (AvgIpc) is 3.17. The van der Waals surface area contributed by atoms with Gasteiger partial charge in [-0.1, -0.05) is 42.5 Å². The maximum Gasteiger partial charge on any atom is 0.0446 e. The van der Waals surface area contributed by atoms with Gasteiger partial charge < -0.3 is 10.0 Å². The topological polar surface area (TPSA) is 30.0 Å². The van der Waals surface area contributed by atoms with Gasteiger partial charge in [0.2, 0.25) is 0 Å². The Morgan fingerprint density at radius 1 is 0.938 bits per heavy atom. The van der Waals surface area contributed by atoms with E-state index in [1.54, 1.807) is 0 Å². The molecule has 2 aromatic carbocycles. The zero-order chi connectivity index (χ0) is 22.1. The highest BCUT2D eigenvalue weighted by Crippen LogP contribution is 2.37. The van der Waals surface area contributed by atoms with E-state index in [1.165, 1.54) is 53.7 Å². The van der Waals surface area contributed by atoms with Crippen molar-refractivity contribution in [3.8, 4) is 11.1 Å². The van der Waals surface area contributed by atoms with E-state index >= 15 is 0 Å². The van der Waals surface area contributed by atoms with E-state index in [2.05, 4.69) is 71.0 Å². The Kier molecular flexibility index (Phi) is 6.66. The molecule has 2 aromatic rings. The molecule has 2 heterocycles. The van der Waals surface area contributed by atoms with Crippen molar-refractivity contribution in [1.29, 1.82) is 0 Å². The van der Waals surface area contributed by atoms with Gasteiger partial charge in [0.05, 0.1) is 0 Å². The van der Waals surface area contributed by atoms with Gasteiger partial charge in [-0.3, -0.25) is 9.80 Å². The van der Waals surface area contributed by atoms with Gasteiger partial charge in [0.25, 0.3) is 0 Å². The summed E-state index contributed by atoms with van der Waals surface area (Å²) in [6, 6.07) is 17.7. The van der Waals surface area contributed by atoms with Crippen LogP contribution in [0.3, 0.4) is 0 Å². The van der Waals surface area contributed by atoms with Gasteiger partial charge in [-0.25, -0.2) is 0 Å². The number of piperidine rings is 1. The van der Waals surface area contributed by atoms with E-state index in [-0.39, 0.29) is 6.61 Å². The summed E-state index contributed by atoms with van der Waals surface area (Å²) in [5, 5.41) is 9.76. The van der Waals surface area contributed by atoms with E-state index in [0.717, 1.165) is 39.0 Å². The van der Waals surface area contributed by atoms with Crippen molar-refractivity contribution in [1.82, 2.24) is 14.7 Å². The summed E-state index contributed by atoms with van der Waals surface area (Å²) in [6.07, 6.45) is 4.49. The van der Waals surface area contributed by atoms with E-state index in [4.69, 9.17) is 0 Å². The van der Waals surface area contributed by atoms with Crippen LogP contribution in [0.2, 0.25) is 0 Å². The minimum Gasteiger partial charge on any atom is -0.396 e. The second-order valence-corrected chi connectivity index (χ2v) is 10.3. The number of piperazine rings is 1. The van der Waals surface area contributed by atoms with Crippen LogP contribution in [0, 0.1) is 0 Å². The summed E-state index contributed by atoms with van der Waals surface area (Å²) in [5.74, 6) is 0. The molecule has 0 aromatic heterocycles. The van der Waals surface area contributed by atoms with Gasteiger partial charge in [0, 0.05) is 50.9 Å². The van der Waals surface area contributed by atoms with Gasteiger partial charge in [-0.15, -0.1) is 0 Å². The number of hydrogen-bond acceptors (Lipinski definition) is 4. The highest BCUT2D eigenvalue weighted by molar-refractivity contribution is 5.76. The maximum atomic E-state index is 9.76. The number of nitrogens with zero attached hydrogens (tertiary/aromatic N) is 3. The van der Waals surface area contributed by atoms with Crippen LogP contribution in [-0.4, -0.2) is 77.3 Å². The molecule has 0 amide bonds. The summed E-state index contributed by atoms with van der Waals surface area (Å²) in [6.45, 7) is 11.7. The summed E-state index contributed by atoms with van der Waals surface area (Å²) >= 11 is 0. The molecule has 0 radical (unpaired) electrons. The van der Waals surface area contributed by atoms with Crippen molar-refractivity contribution in [3.05, 3.63) is 59.2 Å². The van der Waals surface area contributed by atoms with Gasteiger partial charge in [-0.2, -0.15) is 0 Å². The smallest absolute Gasteiger partial charge is 0.0446 e. The molecule has 4 nitrogen and oxygen atoms in total. The molecule has 1 aliphatic carbocycles. The third-order valence-corrected chi connectivity index (χ3v) is 8.04. The first kappa shape index (κ1) is 22.1. The van der Waals surface area contributed by atoms with E-state index in [0.29, 0.717) is 18.1 Å². The van der Waals surface area contributed by atoms with E-state index in [1.807, 2.05) is 0 Å². The Morgan fingerprint density at radius 2 is 1.72 bits per heavy atom. The largest absolute Gasteiger partial charge is 0.396 e. The number of aliphatic hydroxyl groups is 1. The second-order valence-electron chi connectivity index (χ2n) is 10.3. The second kappa shape index (κ2) is 9.64. The van der Waals surface area contributed by atoms with E-state index in [9.17, 15) is 5.11 Å². The molecule has 172 valence electrons. The lowest BCUT2D eigenvalue weighted by atomic mass is 9.97. The van der Waals surface area contributed by atoms with Crippen LogP contribution in [0.25, 0.3) is 11.1 Å². The molecule has 1 N–H and O–H groups in total. The first-order chi connectivity index (χ1) is 15.6. The summed E-state index contributed by atoms with van der Waals surface area (Å²) in [5.41, 5.74) is 7.19. The van der Waals surface area contributed by atoms with Crippen LogP contribution in [0.1, 0.15) is 49.8 Å². The molecule has 0 saturated carbocycles. The first-order valence-electron chi connectivity index (χ1n) is 12.7. The van der Waals surface area contributed by atoms with Crippen molar-refractivity contribution in [2.45, 2.75) is 64.2 Å².